The number of nitrogens with zero attached hydrogens (tertiary/aromatic N) is 1. The molecule has 0 aliphatic heterocycles. The molecule has 1 amide bonds. The van der Waals surface area contributed by atoms with E-state index >= 15 is 0 Å². The lowest BCUT2D eigenvalue weighted by Gasteiger charge is -2.20. The van der Waals surface area contributed by atoms with Crippen molar-refractivity contribution in [3.8, 4) is 0 Å². The Kier molecular flexibility index (Phi) is 5.67. The van der Waals surface area contributed by atoms with E-state index in [0.29, 0.717) is 23.9 Å². The highest BCUT2D eigenvalue weighted by molar-refractivity contribution is 8.00. The van der Waals surface area contributed by atoms with Gasteiger partial charge in [0.2, 0.25) is 5.91 Å². The Hall–Kier alpha value is -2.11. The molecular weight excluding hydrogens is 346 g/mol. The predicted octanol–water partition coefficient (Wildman–Crippen LogP) is 4.85. The summed E-state index contributed by atoms with van der Waals surface area (Å²) in [5.74, 6) is 1.76. The van der Waals surface area contributed by atoms with Gasteiger partial charge >= 0.3 is 0 Å². The fourth-order valence-corrected chi connectivity index (χ4v) is 3.35. The van der Waals surface area contributed by atoms with Crippen molar-refractivity contribution in [1.29, 1.82) is 0 Å². The SMILES string of the molecule is O=C(CSc1ccccc1Cl)N(Cc1ccco1)Cc1ccco1. The van der Waals surface area contributed by atoms with Gasteiger partial charge in [0.05, 0.1) is 36.4 Å². The first-order valence-corrected chi connectivity index (χ1v) is 8.78. The van der Waals surface area contributed by atoms with Gasteiger partial charge in [-0.2, -0.15) is 0 Å². The zero-order chi connectivity index (χ0) is 16.8. The normalized spacial score (nSPS) is 10.7. The molecule has 124 valence electrons. The summed E-state index contributed by atoms with van der Waals surface area (Å²) in [6.45, 7) is 0.797. The van der Waals surface area contributed by atoms with E-state index in [1.165, 1.54) is 11.8 Å². The summed E-state index contributed by atoms with van der Waals surface area (Å²) in [6.07, 6.45) is 3.20. The van der Waals surface area contributed by atoms with Crippen LogP contribution in [0.4, 0.5) is 0 Å². The second kappa shape index (κ2) is 8.13. The number of furan rings is 2. The van der Waals surface area contributed by atoms with Crippen LogP contribution in [0, 0.1) is 0 Å². The average molecular weight is 362 g/mol. The topological polar surface area (TPSA) is 46.6 Å². The molecule has 0 N–H and O–H groups in total. The second-order valence-electron chi connectivity index (χ2n) is 5.13. The van der Waals surface area contributed by atoms with E-state index in [-0.39, 0.29) is 5.91 Å². The zero-order valence-electron chi connectivity index (χ0n) is 12.9. The number of rotatable bonds is 7. The summed E-state index contributed by atoms with van der Waals surface area (Å²) >= 11 is 7.57. The molecule has 0 saturated carbocycles. The summed E-state index contributed by atoms with van der Waals surface area (Å²) in [6, 6.07) is 14.8. The minimum absolute atomic E-state index is 0.00674. The van der Waals surface area contributed by atoms with Crippen molar-refractivity contribution in [2.45, 2.75) is 18.0 Å². The summed E-state index contributed by atoms with van der Waals surface area (Å²) in [5.41, 5.74) is 0. The maximum atomic E-state index is 12.7. The van der Waals surface area contributed by atoms with Gasteiger partial charge in [-0.3, -0.25) is 4.79 Å². The van der Waals surface area contributed by atoms with Gasteiger partial charge in [-0.05, 0) is 36.4 Å². The van der Waals surface area contributed by atoms with Crippen LogP contribution in [0.25, 0.3) is 0 Å². The van der Waals surface area contributed by atoms with Crippen molar-refractivity contribution >= 4 is 29.3 Å². The van der Waals surface area contributed by atoms with Crippen LogP contribution in [0.15, 0.2) is 74.8 Å². The van der Waals surface area contributed by atoms with Crippen LogP contribution in [-0.4, -0.2) is 16.6 Å². The first kappa shape index (κ1) is 16.7. The van der Waals surface area contributed by atoms with Gasteiger partial charge in [-0.1, -0.05) is 23.7 Å². The highest BCUT2D eigenvalue weighted by atomic mass is 35.5. The van der Waals surface area contributed by atoms with Crippen LogP contribution in [0.3, 0.4) is 0 Å². The molecule has 24 heavy (non-hydrogen) atoms. The Morgan fingerprint density at radius 3 is 2.12 bits per heavy atom. The highest BCUT2D eigenvalue weighted by Gasteiger charge is 2.18. The molecule has 2 aromatic heterocycles. The van der Waals surface area contributed by atoms with Gasteiger partial charge in [0, 0.05) is 4.90 Å². The van der Waals surface area contributed by atoms with Crippen molar-refractivity contribution in [3.05, 3.63) is 77.6 Å². The fraction of sp³-hybridized carbons (Fsp3) is 0.167. The summed E-state index contributed by atoms with van der Waals surface area (Å²) < 4.78 is 10.7. The number of hydrogen-bond acceptors (Lipinski definition) is 4. The van der Waals surface area contributed by atoms with E-state index in [1.807, 2.05) is 48.5 Å². The lowest BCUT2D eigenvalue weighted by Crippen LogP contribution is -2.31. The van der Waals surface area contributed by atoms with Crippen molar-refractivity contribution in [1.82, 2.24) is 4.90 Å². The van der Waals surface area contributed by atoms with Crippen LogP contribution < -0.4 is 0 Å². The van der Waals surface area contributed by atoms with Crippen LogP contribution in [0.5, 0.6) is 0 Å². The first-order chi connectivity index (χ1) is 11.7. The smallest absolute Gasteiger partial charge is 0.233 e. The Bertz CT molecular complexity index is 735. The molecule has 0 bridgehead atoms. The van der Waals surface area contributed by atoms with E-state index in [1.54, 1.807) is 17.4 Å². The molecule has 0 atom stereocenters. The average Bonchev–Trinajstić information content (AvgIpc) is 3.27. The molecule has 6 heteroatoms. The highest BCUT2D eigenvalue weighted by Crippen LogP contribution is 2.27. The number of carbonyl (C=O) groups excluding carboxylic acids is 1. The standard InChI is InChI=1S/C18H16ClNO3S/c19-16-7-1-2-8-17(16)24-13-18(21)20(11-14-5-3-9-22-14)12-15-6-4-10-23-15/h1-10H,11-13H2. The van der Waals surface area contributed by atoms with Crippen molar-refractivity contribution in [2.75, 3.05) is 5.75 Å². The first-order valence-electron chi connectivity index (χ1n) is 7.42. The second-order valence-corrected chi connectivity index (χ2v) is 6.55. The molecule has 0 aliphatic rings. The molecule has 3 aromatic rings. The minimum Gasteiger partial charge on any atom is -0.467 e. The monoisotopic (exact) mass is 361 g/mol. The summed E-state index contributed by atoms with van der Waals surface area (Å²) in [7, 11) is 0. The van der Waals surface area contributed by atoms with Crippen LogP contribution in [0.2, 0.25) is 5.02 Å². The fourth-order valence-electron chi connectivity index (χ4n) is 2.21. The minimum atomic E-state index is -0.00674. The molecule has 0 unspecified atom stereocenters. The van der Waals surface area contributed by atoms with E-state index in [0.717, 1.165) is 16.4 Å². The van der Waals surface area contributed by atoms with E-state index in [9.17, 15) is 4.79 Å². The van der Waals surface area contributed by atoms with Crippen LogP contribution in [-0.2, 0) is 17.9 Å². The number of amides is 1. The number of halogens is 1. The van der Waals surface area contributed by atoms with Gasteiger partial charge in [-0.25, -0.2) is 0 Å². The number of thioether (sulfide) groups is 1. The van der Waals surface area contributed by atoms with Crippen molar-refractivity contribution in [2.24, 2.45) is 0 Å². The van der Waals surface area contributed by atoms with Crippen LogP contribution >= 0.6 is 23.4 Å². The molecular formula is C18H16ClNO3S. The third-order valence-electron chi connectivity index (χ3n) is 3.39. The van der Waals surface area contributed by atoms with Gasteiger partial charge < -0.3 is 13.7 Å². The van der Waals surface area contributed by atoms with E-state index < -0.39 is 0 Å². The quantitative estimate of drug-likeness (QED) is 0.564. The van der Waals surface area contributed by atoms with Crippen molar-refractivity contribution < 1.29 is 13.6 Å². The molecule has 0 spiro atoms. The molecule has 0 saturated heterocycles. The van der Waals surface area contributed by atoms with Gasteiger partial charge in [0.15, 0.2) is 0 Å². The van der Waals surface area contributed by atoms with Crippen molar-refractivity contribution in [3.63, 3.8) is 0 Å². The lowest BCUT2D eigenvalue weighted by atomic mass is 10.3. The molecule has 0 aliphatic carbocycles. The third-order valence-corrected chi connectivity index (χ3v) is 4.89. The maximum Gasteiger partial charge on any atom is 0.233 e. The lowest BCUT2D eigenvalue weighted by molar-refractivity contribution is -0.130. The molecule has 0 fully saturated rings. The maximum absolute atomic E-state index is 12.7. The Morgan fingerprint density at radius 2 is 1.58 bits per heavy atom. The summed E-state index contributed by atoms with van der Waals surface area (Å²) in [5, 5.41) is 0.652. The van der Waals surface area contributed by atoms with Gasteiger partial charge in [0.25, 0.3) is 0 Å². The summed E-state index contributed by atoms with van der Waals surface area (Å²) in [4.78, 5) is 15.3. The third kappa shape index (κ3) is 4.46. The van der Waals surface area contributed by atoms with E-state index in [4.69, 9.17) is 20.4 Å². The van der Waals surface area contributed by atoms with Gasteiger partial charge in [-0.15, -0.1) is 11.8 Å². The Balaban J connectivity index is 1.67. The Morgan fingerprint density at radius 1 is 0.958 bits per heavy atom. The number of hydrogen-bond donors (Lipinski definition) is 0. The predicted molar refractivity (Wildman–Crippen MR) is 93.8 cm³/mol. The zero-order valence-corrected chi connectivity index (χ0v) is 14.4. The van der Waals surface area contributed by atoms with Crippen LogP contribution in [0.1, 0.15) is 11.5 Å². The molecule has 3 rings (SSSR count). The number of benzene rings is 1. The number of carbonyl (C=O) groups is 1. The molecule has 0 radical (unpaired) electrons. The van der Waals surface area contributed by atoms with E-state index in [2.05, 4.69) is 0 Å². The molecule has 4 nitrogen and oxygen atoms in total. The Labute approximate surface area is 149 Å². The molecule has 1 aromatic carbocycles. The van der Waals surface area contributed by atoms with Gasteiger partial charge in [0.1, 0.15) is 11.5 Å². The largest absolute Gasteiger partial charge is 0.467 e. The molecule has 2 heterocycles.